The molecule has 0 saturated carbocycles. The first kappa shape index (κ1) is 22.9. The molecule has 32 heavy (non-hydrogen) atoms. The highest BCUT2D eigenvalue weighted by atomic mass is 32.2. The molecule has 1 amide bonds. The van der Waals surface area contributed by atoms with Crippen LogP contribution in [0.4, 0.5) is 11.4 Å². The van der Waals surface area contributed by atoms with Crippen LogP contribution in [-0.4, -0.2) is 34.6 Å². The van der Waals surface area contributed by atoms with Gasteiger partial charge in [0.05, 0.1) is 17.7 Å². The molecular formula is C24H24N2O5S. The highest BCUT2D eigenvalue weighted by Gasteiger charge is 2.27. The Balaban J connectivity index is 1.85. The van der Waals surface area contributed by atoms with Gasteiger partial charge in [-0.05, 0) is 48.5 Å². The van der Waals surface area contributed by atoms with Gasteiger partial charge in [0.2, 0.25) is 5.91 Å². The average Bonchev–Trinajstić information content (AvgIpc) is 2.82. The maximum Gasteiger partial charge on any atom is 0.264 e. The maximum atomic E-state index is 13.3. The van der Waals surface area contributed by atoms with Gasteiger partial charge in [0.15, 0.2) is 0 Å². The molecule has 166 valence electrons. The standard InChI is InChI=1S/C24H24N2O5S/c1-3-16-31-21-14-12-19(13-15-21)25-24(27)18-26(20-8-7-9-22(17-20)30-2)32(28,29)23-10-5-4-6-11-23/h3-15,17H,1,16,18H2,2H3,(H,25,27). The molecule has 0 atom stereocenters. The first-order chi connectivity index (χ1) is 15.4. The second kappa shape index (κ2) is 10.5. The molecule has 0 aliphatic heterocycles. The van der Waals surface area contributed by atoms with Crippen molar-refractivity contribution >= 4 is 27.3 Å². The van der Waals surface area contributed by atoms with Crippen LogP contribution in [0.1, 0.15) is 0 Å². The van der Waals surface area contributed by atoms with Crippen molar-refractivity contribution in [3.63, 3.8) is 0 Å². The summed E-state index contributed by atoms with van der Waals surface area (Å²) in [6, 6.07) is 21.3. The number of sulfonamides is 1. The normalized spacial score (nSPS) is 10.8. The molecule has 3 aromatic carbocycles. The molecule has 0 heterocycles. The molecule has 0 aliphatic rings. The van der Waals surface area contributed by atoms with Gasteiger partial charge in [-0.1, -0.05) is 36.9 Å². The Morgan fingerprint density at radius 1 is 1.00 bits per heavy atom. The van der Waals surface area contributed by atoms with Crippen LogP contribution in [-0.2, 0) is 14.8 Å². The third-order valence-corrected chi connectivity index (χ3v) is 6.25. The van der Waals surface area contributed by atoms with Crippen molar-refractivity contribution < 1.29 is 22.7 Å². The lowest BCUT2D eigenvalue weighted by molar-refractivity contribution is -0.114. The van der Waals surface area contributed by atoms with Gasteiger partial charge in [-0.25, -0.2) is 8.42 Å². The number of carbonyl (C=O) groups excluding carboxylic acids is 1. The molecular weight excluding hydrogens is 428 g/mol. The molecule has 1 N–H and O–H groups in total. The van der Waals surface area contributed by atoms with Crippen LogP contribution < -0.4 is 19.1 Å². The van der Waals surface area contributed by atoms with E-state index >= 15 is 0 Å². The predicted octanol–water partition coefficient (Wildman–Crippen LogP) is 4.09. The van der Waals surface area contributed by atoms with Crippen molar-refractivity contribution in [2.24, 2.45) is 0 Å². The summed E-state index contributed by atoms with van der Waals surface area (Å²) in [6.45, 7) is 3.55. The molecule has 0 bridgehead atoms. The van der Waals surface area contributed by atoms with Gasteiger partial charge >= 0.3 is 0 Å². The Hall–Kier alpha value is -3.78. The van der Waals surface area contributed by atoms with Crippen molar-refractivity contribution in [2.75, 3.05) is 29.9 Å². The summed E-state index contributed by atoms with van der Waals surface area (Å²) in [5.74, 6) is 0.617. The van der Waals surface area contributed by atoms with Crippen molar-refractivity contribution in [1.29, 1.82) is 0 Å². The number of nitrogens with one attached hydrogen (secondary N) is 1. The van der Waals surface area contributed by atoms with Crippen LogP contribution in [0.25, 0.3) is 0 Å². The van der Waals surface area contributed by atoms with Gasteiger partial charge in [0.1, 0.15) is 24.7 Å². The van der Waals surface area contributed by atoms with E-state index in [0.29, 0.717) is 29.5 Å². The number of ether oxygens (including phenoxy) is 2. The maximum absolute atomic E-state index is 13.3. The SMILES string of the molecule is C=CCOc1ccc(NC(=O)CN(c2cccc(OC)c2)S(=O)(=O)c2ccccc2)cc1. The summed E-state index contributed by atoms with van der Waals surface area (Å²) in [7, 11) is -2.51. The molecule has 0 radical (unpaired) electrons. The molecule has 3 rings (SSSR count). The number of rotatable bonds is 10. The Bertz CT molecular complexity index is 1160. The highest BCUT2D eigenvalue weighted by molar-refractivity contribution is 7.92. The minimum absolute atomic E-state index is 0.0827. The van der Waals surface area contributed by atoms with Gasteiger partial charge in [0, 0.05) is 11.8 Å². The zero-order chi connectivity index (χ0) is 23.0. The van der Waals surface area contributed by atoms with Crippen LogP contribution in [0.2, 0.25) is 0 Å². The summed E-state index contributed by atoms with van der Waals surface area (Å²) >= 11 is 0. The minimum Gasteiger partial charge on any atom is -0.497 e. The van der Waals surface area contributed by atoms with E-state index in [1.54, 1.807) is 72.8 Å². The fourth-order valence-electron chi connectivity index (χ4n) is 2.92. The third-order valence-electron chi connectivity index (χ3n) is 4.47. The van der Waals surface area contributed by atoms with Crippen molar-refractivity contribution in [3.05, 3.63) is 91.5 Å². The van der Waals surface area contributed by atoms with Crippen LogP contribution in [0, 0.1) is 0 Å². The van der Waals surface area contributed by atoms with Crippen molar-refractivity contribution in [1.82, 2.24) is 0 Å². The summed E-state index contributed by atoms with van der Waals surface area (Å²) in [5, 5.41) is 2.73. The Morgan fingerprint density at radius 2 is 1.72 bits per heavy atom. The number of methoxy groups -OCH3 is 1. The number of benzene rings is 3. The highest BCUT2D eigenvalue weighted by Crippen LogP contribution is 2.27. The zero-order valence-corrected chi connectivity index (χ0v) is 18.4. The Morgan fingerprint density at radius 3 is 2.38 bits per heavy atom. The van der Waals surface area contributed by atoms with E-state index in [1.165, 1.54) is 19.2 Å². The molecule has 0 fully saturated rings. The van der Waals surface area contributed by atoms with Crippen molar-refractivity contribution in [3.8, 4) is 11.5 Å². The molecule has 3 aromatic rings. The second-order valence-corrected chi connectivity index (χ2v) is 8.56. The van der Waals surface area contributed by atoms with Crippen LogP contribution in [0.15, 0.2) is 96.4 Å². The fourth-order valence-corrected chi connectivity index (χ4v) is 4.35. The lowest BCUT2D eigenvalue weighted by Crippen LogP contribution is -2.38. The predicted molar refractivity (Wildman–Crippen MR) is 125 cm³/mol. The topological polar surface area (TPSA) is 84.9 Å². The number of nitrogens with zero attached hydrogens (tertiary/aromatic N) is 1. The smallest absolute Gasteiger partial charge is 0.264 e. The molecule has 8 heteroatoms. The molecule has 0 unspecified atom stereocenters. The lowest BCUT2D eigenvalue weighted by atomic mass is 10.3. The van der Waals surface area contributed by atoms with Gasteiger partial charge in [-0.3, -0.25) is 9.10 Å². The lowest BCUT2D eigenvalue weighted by Gasteiger charge is -2.24. The molecule has 0 spiro atoms. The second-order valence-electron chi connectivity index (χ2n) is 6.70. The fraction of sp³-hybridized carbons (Fsp3) is 0.125. The monoisotopic (exact) mass is 452 g/mol. The quantitative estimate of drug-likeness (QED) is 0.468. The number of amides is 1. The first-order valence-electron chi connectivity index (χ1n) is 9.79. The van der Waals surface area contributed by atoms with E-state index in [0.717, 1.165) is 4.31 Å². The molecule has 0 aliphatic carbocycles. The van der Waals surface area contributed by atoms with Crippen LogP contribution >= 0.6 is 0 Å². The summed E-state index contributed by atoms with van der Waals surface area (Å²) in [4.78, 5) is 12.9. The van der Waals surface area contributed by atoms with Gasteiger partial charge in [-0.15, -0.1) is 0 Å². The minimum atomic E-state index is -4.00. The zero-order valence-electron chi connectivity index (χ0n) is 17.6. The van der Waals surface area contributed by atoms with E-state index in [4.69, 9.17) is 9.47 Å². The Labute approximate surface area is 188 Å². The van der Waals surface area contributed by atoms with Gasteiger partial charge in [-0.2, -0.15) is 0 Å². The van der Waals surface area contributed by atoms with Crippen LogP contribution in [0.3, 0.4) is 0 Å². The van der Waals surface area contributed by atoms with E-state index in [2.05, 4.69) is 11.9 Å². The summed E-state index contributed by atoms with van der Waals surface area (Å²) in [5.41, 5.74) is 0.834. The van der Waals surface area contributed by atoms with E-state index in [1.807, 2.05) is 0 Å². The van der Waals surface area contributed by atoms with Crippen molar-refractivity contribution in [2.45, 2.75) is 4.90 Å². The molecule has 0 saturated heterocycles. The number of hydrogen-bond acceptors (Lipinski definition) is 5. The number of carbonyl (C=O) groups is 1. The Kier molecular flexibility index (Phi) is 7.51. The van der Waals surface area contributed by atoms with Gasteiger partial charge < -0.3 is 14.8 Å². The van der Waals surface area contributed by atoms with Gasteiger partial charge in [0.25, 0.3) is 10.0 Å². The molecule has 7 nitrogen and oxygen atoms in total. The summed E-state index contributed by atoms with van der Waals surface area (Å²) in [6.07, 6.45) is 1.63. The largest absolute Gasteiger partial charge is 0.497 e. The molecule has 0 aromatic heterocycles. The number of hydrogen-bond donors (Lipinski definition) is 1. The average molecular weight is 453 g/mol. The number of anilines is 2. The third kappa shape index (κ3) is 5.67. The van der Waals surface area contributed by atoms with Crippen LogP contribution in [0.5, 0.6) is 11.5 Å². The van der Waals surface area contributed by atoms with E-state index in [9.17, 15) is 13.2 Å². The first-order valence-corrected chi connectivity index (χ1v) is 11.2. The van der Waals surface area contributed by atoms with E-state index < -0.39 is 22.5 Å². The van der Waals surface area contributed by atoms with E-state index in [-0.39, 0.29) is 4.90 Å². The summed E-state index contributed by atoms with van der Waals surface area (Å²) < 4.78 is 38.4.